The second-order valence-corrected chi connectivity index (χ2v) is 5.27. The first-order valence-corrected chi connectivity index (χ1v) is 6.74. The van der Waals surface area contributed by atoms with Gasteiger partial charge in [0.1, 0.15) is 0 Å². The fourth-order valence-electron chi connectivity index (χ4n) is 1.29. The smallest absolute Gasteiger partial charge is 0.224 e. The maximum absolute atomic E-state index is 11.6. The van der Waals surface area contributed by atoms with Crippen molar-refractivity contribution in [3.63, 3.8) is 0 Å². The summed E-state index contributed by atoms with van der Waals surface area (Å²) in [6, 6.07) is 3.37. The van der Waals surface area contributed by atoms with Crippen molar-refractivity contribution in [2.24, 2.45) is 5.73 Å². The van der Waals surface area contributed by atoms with E-state index in [9.17, 15) is 4.79 Å². The number of anilines is 1. The van der Waals surface area contributed by atoms with Crippen LogP contribution in [0.2, 0.25) is 10.0 Å². The summed E-state index contributed by atoms with van der Waals surface area (Å²) in [5, 5.41) is 3.53. The summed E-state index contributed by atoms with van der Waals surface area (Å²) in [7, 11) is 0. The summed E-state index contributed by atoms with van der Waals surface area (Å²) >= 11 is 15.3. The van der Waals surface area contributed by atoms with Crippen molar-refractivity contribution >= 4 is 50.7 Å². The van der Waals surface area contributed by atoms with Gasteiger partial charge in [-0.1, -0.05) is 39.1 Å². The summed E-state index contributed by atoms with van der Waals surface area (Å²) < 4.78 is 0.772. The number of halogens is 3. The molecule has 0 saturated carbocycles. The van der Waals surface area contributed by atoms with Gasteiger partial charge in [-0.05, 0) is 31.5 Å². The normalized spacial score (nSPS) is 10.4. The molecule has 3 N–H and O–H groups in total. The molecule has 0 fully saturated rings. The van der Waals surface area contributed by atoms with Crippen LogP contribution in [0.3, 0.4) is 0 Å². The van der Waals surface area contributed by atoms with Gasteiger partial charge in [-0.25, -0.2) is 0 Å². The maximum Gasteiger partial charge on any atom is 0.224 e. The zero-order valence-electron chi connectivity index (χ0n) is 9.10. The number of nitrogens with two attached hydrogens (primary N) is 1. The quantitative estimate of drug-likeness (QED) is 0.801. The van der Waals surface area contributed by atoms with Crippen molar-refractivity contribution in [1.29, 1.82) is 0 Å². The molecule has 0 spiro atoms. The fraction of sp³-hybridized carbons (Fsp3) is 0.364. The Kier molecular flexibility index (Phi) is 6.27. The molecular formula is C11H13BrCl2N2O. The van der Waals surface area contributed by atoms with Gasteiger partial charge in [-0.3, -0.25) is 4.79 Å². The van der Waals surface area contributed by atoms with Crippen molar-refractivity contribution in [3.8, 4) is 0 Å². The number of carbonyl (C=O) groups is 1. The SMILES string of the molecule is NCCCCC(=O)Nc1c(Cl)cc(Br)cc1Cl. The molecule has 1 amide bonds. The highest BCUT2D eigenvalue weighted by Crippen LogP contribution is 2.33. The standard InChI is InChI=1S/C11H13BrCl2N2O/c12-7-5-8(13)11(9(14)6-7)16-10(17)3-1-2-4-15/h5-6H,1-4,15H2,(H,16,17). The number of hydrogen-bond acceptors (Lipinski definition) is 2. The van der Waals surface area contributed by atoms with E-state index in [-0.39, 0.29) is 5.91 Å². The molecule has 0 unspecified atom stereocenters. The van der Waals surface area contributed by atoms with E-state index in [0.717, 1.165) is 17.3 Å². The second-order valence-electron chi connectivity index (χ2n) is 3.54. The van der Waals surface area contributed by atoms with Crippen molar-refractivity contribution < 1.29 is 4.79 Å². The van der Waals surface area contributed by atoms with E-state index in [4.69, 9.17) is 28.9 Å². The van der Waals surface area contributed by atoms with Crippen LogP contribution in [-0.2, 0) is 4.79 Å². The summed E-state index contributed by atoms with van der Waals surface area (Å²) in [5.74, 6) is -0.107. The molecule has 0 saturated heterocycles. The van der Waals surface area contributed by atoms with Gasteiger partial charge in [-0.2, -0.15) is 0 Å². The fourth-order valence-corrected chi connectivity index (χ4v) is 2.60. The lowest BCUT2D eigenvalue weighted by Gasteiger charge is -2.09. The molecule has 94 valence electrons. The molecule has 1 aromatic carbocycles. The summed E-state index contributed by atoms with van der Waals surface area (Å²) in [5.41, 5.74) is 5.81. The molecule has 0 aromatic heterocycles. The Morgan fingerprint density at radius 3 is 2.41 bits per heavy atom. The van der Waals surface area contributed by atoms with Gasteiger partial charge in [0.05, 0.1) is 15.7 Å². The second kappa shape index (κ2) is 7.21. The average Bonchev–Trinajstić information content (AvgIpc) is 2.24. The van der Waals surface area contributed by atoms with Crippen LogP contribution in [0.25, 0.3) is 0 Å². The number of rotatable bonds is 5. The molecule has 0 aliphatic heterocycles. The first-order valence-electron chi connectivity index (χ1n) is 5.19. The molecule has 0 radical (unpaired) electrons. The lowest BCUT2D eigenvalue weighted by molar-refractivity contribution is -0.116. The minimum atomic E-state index is -0.107. The Labute approximate surface area is 119 Å². The molecule has 0 bridgehead atoms. The van der Waals surface area contributed by atoms with Gasteiger partial charge in [0.25, 0.3) is 0 Å². The molecule has 0 atom stereocenters. The van der Waals surface area contributed by atoms with Crippen LogP contribution in [0.1, 0.15) is 19.3 Å². The molecular weight excluding hydrogens is 327 g/mol. The third-order valence-electron chi connectivity index (χ3n) is 2.13. The number of amides is 1. The van der Waals surface area contributed by atoms with Gasteiger partial charge in [0.2, 0.25) is 5.91 Å². The van der Waals surface area contributed by atoms with Crippen LogP contribution in [0.4, 0.5) is 5.69 Å². The Bertz CT molecular complexity index is 389. The summed E-state index contributed by atoms with van der Waals surface area (Å²) in [6.07, 6.45) is 2.00. The van der Waals surface area contributed by atoms with Crippen molar-refractivity contribution in [2.75, 3.05) is 11.9 Å². The minimum Gasteiger partial charge on any atom is -0.330 e. The summed E-state index contributed by atoms with van der Waals surface area (Å²) in [4.78, 5) is 11.6. The molecule has 1 rings (SSSR count). The van der Waals surface area contributed by atoms with E-state index in [1.54, 1.807) is 12.1 Å². The third kappa shape index (κ3) is 4.84. The van der Waals surface area contributed by atoms with E-state index < -0.39 is 0 Å². The van der Waals surface area contributed by atoms with E-state index in [1.165, 1.54) is 0 Å². The monoisotopic (exact) mass is 338 g/mol. The highest BCUT2D eigenvalue weighted by molar-refractivity contribution is 9.10. The Balaban J connectivity index is 2.65. The number of benzene rings is 1. The Hall–Kier alpha value is -0.290. The van der Waals surface area contributed by atoms with E-state index in [0.29, 0.717) is 28.7 Å². The Morgan fingerprint density at radius 2 is 1.88 bits per heavy atom. The zero-order chi connectivity index (χ0) is 12.8. The van der Waals surface area contributed by atoms with E-state index in [2.05, 4.69) is 21.2 Å². The molecule has 0 aliphatic carbocycles. The number of nitrogens with one attached hydrogen (secondary N) is 1. The zero-order valence-corrected chi connectivity index (χ0v) is 12.2. The van der Waals surface area contributed by atoms with Crippen LogP contribution >= 0.6 is 39.1 Å². The first kappa shape index (κ1) is 14.8. The highest BCUT2D eigenvalue weighted by atomic mass is 79.9. The molecule has 1 aromatic rings. The van der Waals surface area contributed by atoms with Crippen LogP contribution in [0.5, 0.6) is 0 Å². The summed E-state index contributed by atoms with van der Waals surface area (Å²) in [6.45, 7) is 0.590. The van der Waals surface area contributed by atoms with Crippen LogP contribution in [0.15, 0.2) is 16.6 Å². The third-order valence-corrected chi connectivity index (χ3v) is 3.18. The average molecular weight is 340 g/mol. The molecule has 17 heavy (non-hydrogen) atoms. The van der Waals surface area contributed by atoms with Gasteiger partial charge >= 0.3 is 0 Å². The molecule has 0 heterocycles. The molecule has 3 nitrogen and oxygen atoms in total. The number of carbonyl (C=O) groups excluding carboxylic acids is 1. The van der Waals surface area contributed by atoms with E-state index >= 15 is 0 Å². The van der Waals surface area contributed by atoms with E-state index in [1.807, 2.05) is 0 Å². The lowest BCUT2D eigenvalue weighted by Crippen LogP contribution is -2.12. The van der Waals surface area contributed by atoms with Crippen molar-refractivity contribution in [1.82, 2.24) is 0 Å². The van der Waals surface area contributed by atoms with Crippen LogP contribution in [0, 0.1) is 0 Å². The van der Waals surface area contributed by atoms with Crippen LogP contribution in [-0.4, -0.2) is 12.5 Å². The first-order chi connectivity index (χ1) is 8.04. The van der Waals surface area contributed by atoms with Crippen molar-refractivity contribution in [2.45, 2.75) is 19.3 Å². The van der Waals surface area contributed by atoms with Crippen molar-refractivity contribution in [3.05, 3.63) is 26.7 Å². The Morgan fingerprint density at radius 1 is 1.29 bits per heavy atom. The predicted molar refractivity (Wildman–Crippen MR) is 75.7 cm³/mol. The molecule has 0 aliphatic rings. The lowest BCUT2D eigenvalue weighted by atomic mass is 10.2. The van der Waals surface area contributed by atoms with Gasteiger partial charge in [0, 0.05) is 10.9 Å². The number of unbranched alkanes of at least 4 members (excludes halogenated alkanes) is 1. The van der Waals surface area contributed by atoms with Crippen LogP contribution < -0.4 is 11.1 Å². The number of hydrogen-bond donors (Lipinski definition) is 2. The highest BCUT2D eigenvalue weighted by Gasteiger charge is 2.10. The van der Waals surface area contributed by atoms with Gasteiger partial charge in [0.15, 0.2) is 0 Å². The predicted octanol–water partition coefficient (Wildman–Crippen LogP) is 3.82. The molecule has 6 heteroatoms. The van der Waals surface area contributed by atoms with Gasteiger partial charge < -0.3 is 11.1 Å². The maximum atomic E-state index is 11.6. The minimum absolute atomic E-state index is 0.107. The topological polar surface area (TPSA) is 55.1 Å². The van der Waals surface area contributed by atoms with Gasteiger partial charge in [-0.15, -0.1) is 0 Å². The largest absolute Gasteiger partial charge is 0.330 e.